The fourth-order valence-corrected chi connectivity index (χ4v) is 1.77. The van der Waals surface area contributed by atoms with E-state index in [0.29, 0.717) is 24.7 Å². The lowest BCUT2D eigenvalue weighted by Crippen LogP contribution is -2.48. The summed E-state index contributed by atoms with van der Waals surface area (Å²) in [6.07, 6.45) is 0.0136. The van der Waals surface area contributed by atoms with E-state index in [1.807, 2.05) is 18.7 Å². The van der Waals surface area contributed by atoms with E-state index in [1.54, 1.807) is 12.1 Å². The molecule has 0 unspecified atom stereocenters. The third-order valence-corrected chi connectivity index (χ3v) is 2.58. The molecule has 0 atom stereocenters. The smallest absolute Gasteiger partial charge is 0.239 e. The number of carbonyl (C=O) groups is 1. The van der Waals surface area contributed by atoms with Crippen LogP contribution in [-0.2, 0) is 4.79 Å². The first-order chi connectivity index (χ1) is 8.56. The number of pyridine rings is 1. The van der Waals surface area contributed by atoms with Crippen molar-refractivity contribution in [3.05, 3.63) is 12.1 Å². The standard InChI is InChI=1S/C12H18N4O2/c1-8(2)18-12-9(13)3-4-10(15-12)16-6-5-14-11(17)7-16/h3-4,8H,5-7,13H2,1-2H3,(H,14,17). The van der Waals surface area contributed by atoms with Crippen LogP contribution in [0, 0.1) is 0 Å². The van der Waals surface area contributed by atoms with Crippen LogP contribution in [0.1, 0.15) is 13.8 Å². The number of hydrogen-bond acceptors (Lipinski definition) is 5. The van der Waals surface area contributed by atoms with Gasteiger partial charge in [-0.25, -0.2) is 0 Å². The molecule has 6 heteroatoms. The number of amides is 1. The molecule has 0 radical (unpaired) electrons. The molecule has 1 fully saturated rings. The molecule has 2 heterocycles. The minimum Gasteiger partial charge on any atom is -0.473 e. The fraction of sp³-hybridized carbons (Fsp3) is 0.500. The molecular weight excluding hydrogens is 232 g/mol. The number of rotatable bonds is 3. The summed E-state index contributed by atoms with van der Waals surface area (Å²) in [4.78, 5) is 17.6. The Balaban J connectivity index is 2.20. The summed E-state index contributed by atoms with van der Waals surface area (Å²) < 4.78 is 5.54. The molecule has 2 rings (SSSR count). The third kappa shape index (κ3) is 2.82. The summed E-state index contributed by atoms with van der Waals surface area (Å²) in [6, 6.07) is 3.56. The van der Waals surface area contributed by atoms with Crippen molar-refractivity contribution in [2.75, 3.05) is 30.3 Å². The maximum atomic E-state index is 11.3. The van der Waals surface area contributed by atoms with E-state index in [9.17, 15) is 4.79 Å². The number of nitrogens with one attached hydrogen (secondary N) is 1. The second-order valence-corrected chi connectivity index (χ2v) is 4.50. The van der Waals surface area contributed by atoms with Gasteiger partial charge in [0.15, 0.2) is 0 Å². The molecule has 1 aromatic rings. The second-order valence-electron chi connectivity index (χ2n) is 4.50. The van der Waals surface area contributed by atoms with Crippen molar-refractivity contribution < 1.29 is 9.53 Å². The van der Waals surface area contributed by atoms with E-state index >= 15 is 0 Å². The Bertz CT molecular complexity index is 448. The van der Waals surface area contributed by atoms with Gasteiger partial charge in [0.1, 0.15) is 5.82 Å². The highest BCUT2D eigenvalue weighted by Gasteiger charge is 2.18. The van der Waals surface area contributed by atoms with Gasteiger partial charge in [0, 0.05) is 13.1 Å². The van der Waals surface area contributed by atoms with E-state index in [2.05, 4.69) is 10.3 Å². The number of piperazine rings is 1. The number of aromatic nitrogens is 1. The summed E-state index contributed by atoms with van der Waals surface area (Å²) in [7, 11) is 0. The summed E-state index contributed by atoms with van der Waals surface area (Å²) >= 11 is 0. The zero-order chi connectivity index (χ0) is 13.1. The fourth-order valence-electron chi connectivity index (χ4n) is 1.77. The minimum atomic E-state index is 0.00574. The van der Waals surface area contributed by atoms with Crippen LogP contribution in [0.3, 0.4) is 0 Å². The summed E-state index contributed by atoms with van der Waals surface area (Å²) in [6.45, 7) is 5.53. The SMILES string of the molecule is CC(C)Oc1nc(N2CCNC(=O)C2)ccc1N. The van der Waals surface area contributed by atoms with Gasteiger partial charge in [0.2, 0.25) is 11.8 Å². The summed E-state index contributed by atoms with van der Waals surface area (Å²) in [5.41, 5.74) is 6.32. The van der Waals surface area contributed by atoms with Crippen LogP contribution >= 0.6 is 0 Å². The van der Waals surface area contributed by atoms with Gasteiger partial charge in [-0.2, -0.15) is 4.98 Å². The zero-order valence-corrected chi connectivity index (χ0v) is 10.6. The van der Waals surface area contributed by atoms with E-state index in [0.717, 1.165) is 12.4 Å². The average molecular weight is 250 g/mol. The molecule has 6 nitrogen and oxygen atoms in total. The Morgan fingerprint density at radius 3 is 2.94 bits per heavy atom. The Hall–Kier alpha value is -1.98. The van der Waals surface area contributed by atoms with Gasteiger partial charge in [-0.05, 0) is 26.0 Å². The first-order valence-electron chi connectivity index (χ1n) is 6.01. The number of nitrogen functional groups attached to an aromatic ring is 1. The molecule has 3 N–H and O–H groups in total. The van der Waals surface area contributed by atoms with Crippen molar-refractivity contribution in [2.45, 2.75) is 20.0 Å². The molecule has 0 spiro atoms. The van der Waals surface area contributed by atoms with Crippen LogP contribution in [0.4, 0.5) is 11.5 Å². The molecule has 18 heavy (non-hydrogen) atoms. The molecule has 1 amide bonds. The van der Waals surface area contributed by atoms with Crippen LogP contribution < -0.4 is 20.7 Å². The predicted molar refractivity (Wildman–Crippen MR) is 69.6 cm³/mol. The van der Waals surface area contributed by atoms with E-state index < -0.39 is 0 Å². The van der Waals surface area contributed by atoms with Gasteiger partial charge >= 0.3 is 0 Å². The number of nitrogens with two attached hydrogens (primary N) is 1. The Morgan fingerprint density at radius 1 is 1.50 bits per heavy atom. The normalized spacial score (nSPS) is 15.7. The van der Waals surface area contributed by atoms with Crippen LogP contribution in [0.5, 0.6) is 5.88 Å². The van der Waals surface area contributed by atoms with Gasteiger partial charge in [-0.3, -0.25) is 4.79 Å². The van der Waals surface area contributed by atoms with Crippen molar-refractivity contribution in [1.82, 2.24) is 10.3 Å². The quantitative estimate of drug-likeness (QED) is 0.811. The van der Waals surface area contributed by atoms with Gasteiger partial charge < -0.3 is 20.7 Å². The van der Waals surface area contributed by atoms with Crippen LogP contribution in [-0.4, -0.2) is 36.6 Å². The molecule has 1 aliphatic heterocycles. The van der Waals surface area contributed by atoms with Crippen LogP contribution in [0.25, 0.3) is 0 Å². The largest absolute Gasteiger partial charge is 0.473 e. The number of nitrogens with zero attached hydrogens (tertiary/aromatic N) is 2. The molecule has 0 saturated carbocycles. The highest BCUT2D eigenvalue weighted by molar-refractivity contribution is 5.82. The number of hydrogen-bond donors (Lipinski definition) is 2. The van der Waals surface area contributed by atoms with Gasteiger partial charge in [0.25, 0.3) is 0 Å². The van der Waals surface area contributed by atoms with Crippen LogP contribution in [0.2, 0.25) is 0 Å². The Morgan fingerprint density at radius 2 is 2.28 bits per heavy atom. The molecule has 1 aliphatic rings. The minimum absolute atomic E-state index is 0.00574. The molecule has 0 aromatic carbocycles. The Labute approximate surface area is 106 Å². The molecule has 1 saturated heterocycles. The van der Waals surface area contributed by atoms with Crippen LogP contribution in [0.15, 0.2) is 12.1 Å². The number of anilines is 2. The molecule has 98 valence electrons. The lowest BCUT2D eigenvalue weighted by atomic mass is 10.3. The first kappa shape index (κ1) is 12.5. The lowest BCUT2D eigenvalue weighted by molar-refractivity contribution is -0.120. The Kier molecular flexibility index (Phi) is 3.55. The van der Waals surface area contributed by atoms with Gasteiger partial charge in [-0.1, -0.05) is 0 Å². The topological polar surface area (TPSA) is 80.5 Å². The zero-order valence-electron chi connectivity index (χ0n) is 10.6. The summed E-state index contributed by atoms with van der Waals surface area (Å²) in [5, 5.41) is 2.78. The average Bonchev–Trinajstić information content (AvgIpc) is 2.31. The number of carbonyl (C=O) groups excluding carboxylic acids is 1. The highest BCUT2D eigenvalue weighted by atomic mass is 16.5. The predicted octanol–water partition coefficient (Wildman–Crippen LogP) is 0.387. The van der Waals surface area contributed by atoms with E-state index in [4.69, 9.17) is 10.5 Å². The third-order valence-electron chi connectivity index (χ3n) is 2.58. The van der Waals surface area contributed by atoms with Crippen molar-refractivity contribution in [1.29, 1.82) is 0 Å². The number of ether oxygens (including phenoxy) is 1. The van der Waals surface area contributed by atoms with Crippen molar-refractivity contribution in [3.63, 3.8) is 0 Å². The second kappa shape index (κ2) is 5.12. The molecule has 0 aliphatic carbocycles. The van der Waals surface area contributed by atoms with E-state index in [1.165, 1.54) is 0 Å². The maximum Gasteiger partial charge on any atom is 0.239 e. The lowest BCUT2D eigenvalue weighted by Gasteiger charge is -2.28. The highest BCUT2D eigenvalue weighted by Crippen LogP contribution is 2.24. The van der Waals surface area contributed by atoms with Crippen molar-refractivity contribution >= 4 is 17.4 Å². The molecule has 1 aromatic heterocycles. The summed E-state index contributed by atoms with van der Waals surface area (Å²) in [5.74, 6) is 1.15. The van der Waals surface area contributed by atoms with Gasteiger partial charge in [0.05, 0.1) is 18.3 Å². The van der Waals surface area contributed by atoms with Crippen molar-refractivity contribution in [2.24, 2.45) is 0 Å². The maximum absolute atomic E-state index is 11.3. The van der Waals surface area contributed by atoms with Crippen molar-refractivity contribution in [3.8, 4) is 5.88 Å². The molecular formula is C12H18N4O2. The first-order valence-corrected chi connectivity index (χ1v) is 6.01. The molecule has 0 bridgehead atoms. The monoisotopic (exact) mass is 250 g/mol. The van der Waals surface area contributed by atoms with Gasteiger partial charge in [-0.15, -0.1) is 0 Å². The van der Waals surface area contributed by atoms with E-state index in [-0.39, 0.29) is 12.0 Å².